The summed E-state index contributed by atoms with van der Waals surface area (Å²) >= 11 is 7.36. The molecule has 0 aliphatic carbocycles. The first-order chi connectivity index (χ1) is 8.60. The van der Waals surface area contributed by atoms with Crippen LogP contribution < -0.4 is 4.74 Å². The molecule has 2 aromatic rings. The summed E-state index contributed by atoms with van der Waals surface area (Å²) in [5.41, 5.74) is 0.594. The predicted molar refractivity (Wildman–Crippen MR) is 70.9 cm³/mol. The molecule has 1 N–H and O–H groups in total. The Morgan fingerprint density at radius 3 is 2.89 bits per heavy atom. The maximum absolute atomic E-state index is 13.1. The molecule has 0 saturated heterocycles. The molecule has 0 aliphatic heterocycles. The van der Waals surface area contributed by atoms with Crippen molar-refractivity contribution < 1.29 is 14.2 Å². The van der Waals surface area contributed by atoms with E-state index in [2.05, 4.69) is 0 Å². The van der Waals surface area contributed by atoms with Gasteiger partial charge in [0.15, 0.2) is 0 Å². The summed E-state index contributed by atoms with van der Waals surface area (Å²) in [4.78, 5) is 0.771. The third-order valence-electron chi connectivity index (χ3n) is 2.58. The summed E-state index contributed by atoms with van der Waals surface area (Å²) in [6.07, 6.45) is -0.432. The summed E-state index contributed by atoms with van der Waals surface area (Å²) in [5.74, 6) is 0.352. The van der Waals surface area contributed by atoms with Crippen molar-refractivity contribution in [3.05, 3.63) is 50.9 Å². The average Bonchev–Trinajstić information content (AvgIpc) is 2.82. The Morgan fingerprint density at radius 2 is 2.22 bits per heavy atom. The van der Waals surface area contributed by atoms with Crippen molar-refractivity contribution in [1.29, 1.82) is 0 Å². The van der Waals surface area contributed by atoms with Crippen LogP contribution in [-0.4, -0.2) is 12.2 Å². The van der Waals surface area contributed by atoms with Crippen molar-refractivity contribution in [3.8, 4) is 5.75 Å². The third-order valence-corrected chi connectivity index (χ3v) is 3.96. The minimum Gasteiger partial charge on any atom is -0.496 e. The van der Waals surface area contributed by atoms with Crippen LogP contribution in [0.25, 0.3) is 0 Å². The van der Waals surface area contributed by atoms with Gasteiger partial charge in [0.05, 0.1) is 13.2 Å². The number of methoxy groups -OCH3 is 1. The second kappa shape index (κ2) is 5.69. The highest BCUT2D eigenvalue weighted by atomic mass is 35.5. The topological polar surface area (TPSA) is 29.5 Å². The highest BCUT2D eigenvalue weighted by Gasteiger charge is 2.14. The molecule has 1 unspecified atom stereocenters. The van der Waals surface area contributed by atoms with E-state index in [1.54, 1.807) is 13.2 Å². The fourth-order valence-electron chi connectivity index (χ4n) is 1.62. The van der Waals surface area contributed by atoms with Gasteiger partial charge in [-0.3, -0.25) is 0 Å². The number of ether oxygens (including phenoxy) is 1. The van der Waals surface area contributed by atoms with E-state index < -0.39 is 6.10 Å². The molecule has 1 heterocycles. The monoisotopic (exact) mass is 286 g/mol. The van der Waals surface area contributed by atoms with Crippen molar-refractivity contribution >= 4 is 22.9 Å². The van der Waals surface area contributed by atoms with Crippen LogP contribution in [0.3, 0.4) is 0 Å². The van der Waals surface area contributed by atoms with Gasteiger partial charge < -0.3 is 9.84 Å². The Morgan fingerprint density at radius 1 is 1.44 bits per heavy atom. The van der Waals surface area contributed by atoms with Gasteiger partial charge in [-0.1, -0.05) is 11.6 Å². The zero-order valence-corrected chi connectivity index (χ0v) is 11.3. The van der Waals surface area contributed by atoms with Gasteiger partial charge in [0, 0.05) is 21.7 Å². The summed E-state index contributed by atoms with van der Waals surface area (Å²) < 4.78 is 18.2. The van der Waals surface area contributed by atoms with E-state index in [0.717, 1.165) is 4.88 Å². The number of aliphatic hydroxyl groups excluding tert-OH is 1. The van der Waals surface area contributed by atoms with Crippen molar-refractivity contribution in [1.82, 2.24) is 0 Å². The largest absolute Gasteiger partial charge is 0.496 e. The van der Waals surface area contributed by atoms with Gasteiger partial charge in [-0.15, -0.1) is 11.3 Å². The highest BCUT2D eigenvalue weighted by Crippen LogP contribution is 2.30. The van der Waals surface area contributed by atoms with Crippen LogP contribution in [0, 0.1) is 5.82 Å². The lowest BCUT2D eigenvalue weighted by molar-refractivity contribution is 0.182. The molecule has 2 rings (SSSR count). The molecule has 2 nitrogen and oxygen atoms in total. The number of hydrogen-bond acceptors (Lipinski definition) is 3. The van der Waals surface area contributed by atoms with E-state index in [9.17, 15) is 9.50 Å². The SMILES string of the molecule is COc1csc(C(O)Cc2cc(F)ccc2Cl)c1. The molecule has 0 aliphatic rings. The summed E-state index contributed by atoms with van der Waals surface area (Å²) in [6, 6.07) is 5.90. The van der Waals surface area contributed by atoms with Gasteiger partial charge in [0.25, 0.3) is 0 Å². The van der Waals surface area contributed by atoms with Gasteiger partial charge in [-0.25, -0.2) is 4.39 Å². The molecule has 0 saturated carbocycles. The maximum Gasteiger partial charge on any atom is 0.129 e. The molecule has 18 heavy (non-hydrogen) atoms. The van der Waals surface area contributed by atoms with Crippen LogP contribution in [0.15, 0.2) is 29.6 Å². The number of hydrogen-bond donors (Lipinski definition) is 1. The minimum absolute atomic E-state index is 0.278. The zero-order chi connectivity index (χ0) is 13.1. The fraction of sp³-hybridized carbons (Fsp3) is 0.231. The van der Waals surface area contributed by atoms with Crippen LogP contribution >= 0.6 is 22.9 Å². The molecule has 5 heteroatoms. The molecule has 0 fully saturated rings. The molecule has 96 valence electrons. The van der Waals surface area contributed by atoms with E-state index in [1.165, 1.54) is 29.5 Å². The molecule has 1 atom stereocenters. The van der Waals surface area contributed by atoms with Gasteiger partial charge in [0.2, 0.25) is 0 Å². The maximum atomic E-state index is 13.1. The van der Waals surface area contributed by atoms with E-state index >= 15 is 0 Å². The summed E-state index contributed by atoms with van der Waals surface area (Å²) in [5, 5.41) is 12.3. The number of benzene rings is 1. The van der Waals surface area contributed by atoms with Crippen LogP contribution in [0.5, 0.6) is 5.75 Å². The normalized spacial score (nSPS) is 12.4. The number of aliphatic hydroxyl groups is 1. The van der Waals surface area contributed by atoms with Gasteiger partial charge in [-0.05, 0) is 29.8 Å². The molecule has 1 aromatic carbocycles. The quantitative estimate of drug-likeness (QED) is 0.926. The first kappa shape index (κ1) is 13.3. The summed E-state index contributed by atoms with van der Waals surface area (Å²) in [6.45, 7) is 0. The first-order valence-corrected chi connectivity index (χ1v) is 6.60. The van der Waals surface area contributed by atoms with Crippen LogP contribution in [0.1, 0.15) is 16.5 Å². The van der Waals surface area contributed by atoms with Gasteiger partial charge in [0.1, 0.15) is 11.6 Å². The lowest BCUT2D eigenvalue weighted by Crippen LogP contribution is -2.00. The van der Waals surface area contributed by atoms with Gasteiger partial charge >= 0.3 is 0 Å². The van der Waals surface area contributed by atoms with E-state index in [0.29, 0.717) is 16.3 Å². The molecular weight excluding hydrogens is 275 g/mol. The lowest BCUT2D eigenvalue weighted by Gasteiger charge is -2.10. The molecule has 0 radical (unpaired) electrons. The smallest absolute Gasteiger partial charge is 0.129 e. The molecule has 0 amide bonds. The second-order valence-corrected chi connectivity index (χ2v) is 5.19. The van der Waals surface area contributed by atoms with Crippen molar-refractivity contribution in [2.45, 2.75) is 12.5 Å². The first-order valence-electron chi connectivity index (χ1n) is 5.34. The Bertz CT molecular complexity index is 542. The zero-order valence-electron chi connectivity index (χ0n) is 9.69. The van der Waals surface area contributed by atoms with E-state index in [-0.39, 0.29) is 12.2 Å². The van der Waals surface area contributed by atoms with Crippen molar-refractivity contribution in [3.63, 3.8) is 0 Å². The Balaban J connectivity index is 2.15. The van der Waals surface area contributed by atoms with E-state index in [4.69, 9.17) is 16.3 Å². The van der Waals surface area contributed by atoms with Crippen LogP contribution in [-0.2, 0) is 6.42 Å². The Labute approximate surface area is 114 Å². The van der Waals surface area contributed by atoms with Gasteiger partial charge in [-0.2, -0.15) is 0 Å². The third kappa shape index (κ3) is 3.02. The number of halogens is 2. The Hall–Kier alpha value is -1.10. The number of thiophene rings is 1. The fourth-order valence-corrected chi connectivity index (χ4v) is 2.66. The van der Waals surface area contributed by atoms with Crippen molar-refractivity contribution in [2.24, 2.45) is 0 Å². The van der Waals surface area contributed by atoms with Crippen LogP contribution in [0.2, 0.25) is 5.02 Å². The lowest BCUT2D eigenvalue weighted by atomic mass is 10.1. The standard InChI is InChI=1S/C13H12ClFO2S/c1-17-10-6-13(18-7-10)12(16)5-8-4-9(15)2-3-11(8)14/h2-4,6-7,12,16H,5H2,1H3. The minimum atomic E-state index is -0.710. The average molecular weight is 287 g/mol. The molecular formula is C13H12ClFO2S. The Kier molecular flexibility index (Phi) is 4.22. The van der Waals surface area contributed by atoms with E-state index in [1.807, 2.05) is 5.38 Å². The van der Waals surface area contributed by atoms with Crippen molar-refractivity contribution in [2.75, 3.05) is 7.11 Å². The summed E-state index contributed by atoms with van der Waals surface area (Å²) in [7, 11) is 1.57. The predicted octanol–water partition coefficient (Wildman–Crippen LogP) is 3.83. The molecule has 0 spiro atoms. The molecule has 0 bridgehead atoms. The highest BCUT2D eigenvalue weighted by molar-refractivity contribution is 7.10. The second-order valence-electron chi connectivity index (χ2n) is 3.84. The molecule has 1 aromatic heterocycles. The van der Waals surface area contributed by atoms with Crippen LogP contribution in [0.4, 0.5) is 4.39 Å². The number of rotatable bonds is 4.